The highest BCUT2D eigenvalue weighted by Crippen LogP contribution is 2.54. The van der Waals surface area contributed by atoms with Gasteiger partial charge in [-0.3, -0.25) is 9.59 Å². The third-order valence-electron chi connectivity index (χ3n) is 12.5. The average molecular weight is 709 g/mol. The van der Waals surface area contributed by atoms with Crippen molar-refractivity contribution in [1.82, 2.24) is 30.6 Å². The van der Waals surface area contributed by atoms with Crippen molar-refractivity contribution in [2.24, 2.45) is 10.8 Å². The van der Waals surface area contributed by atoms with Gasteiger partial charge in [0, 0.05) is 52.1 Å². The monoisotopic (exact) mass is 708 g/mol. The van der Waals surface area contributed by atoms with E-state index in [1.54, 1.807) is 12.4 Å². The first-order valence-electron chi connectivity index (χ1n) is 18.7. The summed E-state index contributed by atoms with van der Waals surface area (Å²) in [5, 5.41) is 28.8. The number of rotatable bonds is 11. The van der Waals surface area contributed by atoms with Crippen LogP contribution in [0.3, 0.4) is 0 Å². The summed E-state index contributed by atoms with van der Waals surface area (Å²) >= 11 is 0. The lowest BCUT2D eigenvalue weighted by Crippen LogP contribution is -2.62. The third-order valence-corrected chi connectivity index (χ3v) is 12.5. The molecule has 12 heteroatoms. The number of H-pyrrole nitrogens is 2. The van der Waals surface area contributed by atoms with Crippen LogP contribution in [0, 0.1) is 10.8 Å². The van der Waals surface area contributed by atoms with Crippen molar-refractivity contribution >= 4 is 11.8 Å². The van der Waals surface area contributed by atoms with E-state index in [9.17, 15) is 19.8 Å². The highest BCUT2D eigenvalue weighted by molar-refractivity contribution is 5.85. The largest absolute Gasteiger partial charge is 0.389 e. The van der Waals surface area contributed by atoms with Gasteiger partial charge in [0.25, 0.3) is 0 Å². The lowest BCUT2D eigenvalue weighted by Gasteiger charge is -2.53. The molecule has 2 aliphatic heterocycles. The van der Waals surface area contributed by atoms with Crippen LogP contribution in [0.5, 0.6) is 0 Å². The van der Waals surface area contributed by atoms with Crippen LogP contribution < -0.4 is 10.6 Å². The Kier molecular flexibility index (Phi) is 9.27. The van der Waals surface area contributed by atoms with Crippen molar-refractivity contribution < 1.29 is 29.3 Å². The van der Waals surface area contributed by atoms with Crippen LogP contribution >= 0.6 is 0 Å². The number of hydrogen-bond donors (Lipinski definition) is 6. The van der Waals surface area contributed by atoms with E-state index in [4.69, 9.17) is 9.47 Å². The number of nitrogens with zero attached hydrogens (tertiary/aromatic N) is 2. The molecule has 0 unspecified atom stereocenters. The maximum atomic E-state index is 13.3. The van der Waals surface area contributed by atoms with E-state index < -0.39 is 22.0 Å². The van der Waals surface area contributed by atoms with Gasteiger partial charge in [0.2, 0.25) is 11.8 Å². The van der Waals surface area contributed by atoms with Gasteiger partial charge in [-0.15, -0.1) is 0 Å². The second kappa shape index (κ2) is 13.9. The van der Waals surface area contributed by atoms with Gasteiger partial charge in [-0.05, 0) is 47.9 Å². The van der Waals surface area contributed by atoms with Crippen LogP contribution in [0.15, 0.2) is 60.9 Å². The molecule has 0 radical (unpaired) electrons. The molecule has 12 nitrogen and oxygen atoms in total. The van der Waals surface area contributed by atoms with Crippen molar-refractivity contribution in [3.8, 4) is 33.6 Å². The molecule has 274 valence electrons. The topological polar surface area (TPSA) is 174 Å². The van der Waals surface area contributed by atoms with Crippen molar-refractivity contribution in [2.45, 2.75) is 88.5 Å². The Morgan fingerprint density at radius 2 is 0.923 bits per heavy atom. The fourth-order valence-corrected chi connectivity index (χ4v) is 8.79. The number of nitrogens with one attached hydrogen (secondary N) is 4. The highest BCUT2D eigenvalue weighted by Gasteiger charge is 2.60. The van der Waals surface area contributed by atoms with Crippen molar-refractivity contribution in [1.29, 1.82) is 0 Å². The molecule has 0 spiro atoms. The van der Waals surface area contributed by atoms with Crippen molar-refractivity contribution in [3.63, 3.8) is 0 Å². The van der Waals surface area contributed by atoms with E-state index in [1.807, 2.05) is 24.3 Å². The molecule has 2 amide bonds. The molecule has 4 heterocycles. The van der Waals surface area contributed by atoms with Crippen molar-refractivity contribution in [3.05, 3.63) is 72.6 Å². The Morgan fingerprint density at radius 1 is 0.577 bits per heavy atom. The maximum Gasteiger partial charge on any atom is 0.229 e. The molecule has 6 N–H and O–H groups in total. The van der Waals surface area contributed by atoms with Gasteiger partial charge in [0.05, 0.1) is 58.9 Å². The van der Waals surface area contributed by atoms with Gasteiger partial charge < -0.3 is 40.3 Å². The van der Waals surface area contributed by atoms with E-state index in [-0.39, 0.29) is 24.9 Å². The molecular formula is C40H48N6O6. The molecule has 8 rings (SSSR count). The third kappa shape index (κ3) is 6.15. The molecule has 4 aliphatic rings. The molecule has 2 aliphatic carbocycles. The molecule has 52 heavy (non-hydrogen) atoms. The number of imidazole rings is 2. The predicted octanol–water partition coefficient (Wildman–Crippen LogP) is 4.79. The van der Waals surface area contributed by atoms with Gasteiger partial charge in [0.1, 0.15) is 11.6 Å². The number of hydrogen-bond acceptors (Lipinski definition) is 8. The summed E-state index contributed by atoms with van der Waals surface area (Å²) in [7, 11) is 0. The lowest BCUT2D eigenvalue weighted by molar-refractivity contribution is -0.187. The summed E-state index contributed by atoms with van der Waals surface area (Å²) in [6.07, 6.45) is 10.2. The first kappa shape index (κ1) is 34.7. The van der Waals surface area contributed by atoms with E-state index in [2.05, 4.69) is 54.8 Å². The summed E-state index contributed by atoms with van der Waals surface area (Å²) in [5.41, 5.74) is 2.34. The zero-order valence-electron chi connectivity index (χ0n) is 29.5. The van der Waals surface area contributed by atoms with Crippen LogP contribution in [-0.2, 0) is 32.2 Å². The van der Waals surface area contributed by atoms with E-state index in [0.717, 1.165) is 46.5 Å². The zero-order chi connectivity index (χ0) is 35.8. The molecule has 2 aromatic carbocycles. The minimum Gasteiger partial charge on any atom is -0.389 e. The predicted molar refractivity (Wildman–Crippen MR) is 193 cm³/mol. The van der Waals surface area contributed by atoms with Crippen LogP contribution in [-0.4, -0.2) is 79.6 Å². The minimum absolute atomic E-state index is 0.0995. The first-order chi connectivity index (χ1) is 25.2. The summed E-state index contributed by atoms with van der Waals surface area (Å²) in [6, 6.07) is 16.5. The molecular weight excluding hydrogens is 660 g/mol. The van der Waals surface area contributed by atoms with E-state index >= 15 is 0 Å². The number of amides is 2. The number of aromatic nitrogens is 4. The molecule has 0 bridgehead atoms. The second-order valence-electron chi connectivity index (χ2n) is 15.2. The Bertz CT molecular complexity index is 1740. The maximum absolute atomic E-state index is 13.3. The molecule has 0 atom stereocenters. The minimum atomic E-state index is -1.01. The second-order valence-corrected chi connectivity index (χ2v) is 15.2. The Morgan fingerprint density at radius 3 is 1.25 bits per heavy atom. The SMILES string of the molecule is O=C(NCc1ncc(-c2ccc(-c3ccc(-c4cnc(CNC(=O)C5(C6(O)CCOCC6)CCC5)[nH]4)cc3)cc2)[nH]1)C1(C2(O)CCOCC2)CCC1. The summed E-state index contributed by atoms with van der Waals surface area (Å²) in [5.74, 6) is 1.13. The summed E-state index contributed by atoms with van der Waals surface area (Å²) in [4.78, 5) is 42.4. The van der Waals surface area contributed by atoms with Gasteiger partial charge in [-0.2, -0.15) is 0 Å². The number of ether oxygens (including phenoxy) is 2. The quantitative estimate of drug-likeness (QED) is 0.129. The average Bonchev–Trinajstić information content (AvgIpc) is 3.80. The Hall–Kier alpha value is -4.36. The van der Waals surface area contributed by atoms with E-state index in [0.29, 0.717) is 89.4 Å². The first-order valence-corrected chi connectivity index (χ1v) is 18.7. The van der Waals surface area contributed by atoms with Gasteiger partial charge >= 0.3 is 0 Å². The molecule has 2 saturated heterocycles. The standard InChI is InChI=1S/C40H48N6O6/c47-35(37(11-1-12-37)39(49)15-19-51-20-16-39)43-25-33-41-23-31(45-33)29-7-3-27(4-8-29)28-5-9-30(10-6-28)32-24-42-34(46-32)26-44-36(48)38(13-2-14-38)40(50)17-21-52-22-18-40/h3-10,23-24,49-50H,1-2,11-22,25-26H2,(H,41,45)(H,42,46)(H,43,47)(H,44,48). The Labute approximate surface area is 303 Å². The summed E-state index contributed by atoms with van der Waals surface area (Å²) in [6.45, 7) is 2.48. The molecule has 4 fully saturated rings. The number of carbonyl (C=O) groups is 2. The van der Waals surface area contributed by atoms with Crippen LogP contribution in [0.2, 0.25) is 0 Å². The van der Waals surface area contributed by atoms with Crippen molar-refractivity contribution in [2.75, 3.05) is 26.4 Å². The molecule has 2 aromatic heterocycles. The Balaban J connectivity index is 0.854. The highest BCUT2D eigenvalue weighted by atomic mass is 16.5. The number of aromatic amines is 2. The number of aliphatic hydroxyl groups is 2. The summed E-state index contributed by atoms with van der Waals surface area (Å²) < 4.78 is 10.9. The fraction of sp³-hybridized carbons (Fsp3) is 0.500. The lowest BCUT2D eigenvalue weighted by atomic mass is 9.56. The molecule has 2 saturated carbocycles. The van der Waals surface area contributed by atoms with Gasteiger partial charge in [0.15, 0.2) is 0 Å². The molecule has 4 aromatic rings. The zero-order valence-corrected chi connectivity index (χ0v) is 29.5. The fourth-order valence-electron chi connectivity index (χ4n) is 8.79. The number of benzene rings is 2. The van der Waals surface area contributed by atoms with Gasteiger partial charge in [-0.25, -0.2) is 9.97 Å². The normalized spacial score (nSPS) is 21.3. The van der Waals surface area contributed by atoms with Crippen LogP contribution in [0.25, 0.3) is 33.6 Å². The van der Waals surface area contributed by atoms with Crippen LogP contribution in [0.4, 0.5) is 0 Å². The smallest absolute Gasteiger partial charge is 0.229 e. The van der Waals surface area contributed by atoms with Crippen LogP contribution in [0.1, 0.15) is 75.9 Å². The van der Waals surface area contributed by atoms with Gasteiger partial charge in [-0.1, -0.05) is 61.4 Å². The number of carbonyl (C=O) groups excluding carboxylic acids is 2. The van der Waals surface area contributed by atoms with E-state index in [1.165, 1.54) is 0 Å².